The van der Waals surface area contributed by atoms with E-state index in [0.29, 0.717) is 5.03 Å². The minimum absolute atomic E-state index is 0.665. The zero-order valence-corrected chi connectivity index (χ0v) is 6.30. The van der Waals surface area contributed by atoms with E-state index in [1.54, 1.807) is 12.5 Å². The van der Waals surface area contributed by atoms with Crippen molar-refractivity contribution in [3.8, 4) is 0 Å². The SMILES string of the molecule is CO/N=C1\C=C[CH]C(Cl)=C1. The highest BCUT2D eigenvalue weighted by Crippen LogP contribution is 2.11. The third kappa shape index (κ3) is 1.88. The smallest absolute Gasteiger partial charge is 0.106 e. The van der Waals surface area contributed by atoms with Crippen molar-refractivity contribution in [2.75, 3.05) is 7.11 Å². The zero-order valence-electron chi connectivity index (χ0n) is 5.54. The fourth-order valence-corrected chi connectivity index (χ4v) is 0.823. The summed E-state index contributed by atoms with van der Waals surface area (Å²) in [7, 11) is 1.50. The Kier molecular flexibility index (Phi) is 2.51. The zero-order chi connectivity index (χ0) is 7.40. The number of allylic oxidation sites excluding steroid dienone is 4. The van der Waals surface area contributed by atoms with Gasteiger partial charge in [0.05, 0.1) is 0 Å². The van der Waals surface area contributed by atoms with E-state index in [4.69, 9.17) is 11.6 Å². The molecule has 0 aromatic heterocycles. The summed E-state index contributed by atoms with van der Waals surface area (Å²) in [4.78, 5) is 4.55. The Morgan fingerprint density at radius 1 is 1.60 bits per heavy atom. The van der Waals surface area contributed by atoms with E-state index < -0.39 is 0 Å². The second kappa shape index (κ2) is 3.42. The van der Waals surface area contributed by atoms with Gasteiger partial charge in [-0.25, -0.2) is 0 Å². The Bertz CT molecular complexity index is 206. The van der Waals surface area contributed by atoms with Crippen molar-refractivity contribution in [2.45, 2.75) is 0 Å². The standard InChI is InChI=1S/C7H7ClNO/c1-10-9-7-4-2-3-6(8)5-7/h2-5H,1H3/b9-7+. The molecule has 0 aliphatic heterocycles. The van der Waals surface area contributed by atoms with Crippen molar-refractivity contribution >= 4 is 17.3 Å². The van der Waals surface area contributed by atoms with E-state index in [1.807, 2.05) is 12.2 Å². The molecule has 0 atom stereocenters. The van der Waals surface area contributed by atoms with Gasteiger partial charge in [-0.2, -0.15) is 0 Å². The van der Waals surface area contributed by atoms with Gasteiger partial charge in [-0.1, -0.05) is 22.8 Å². The second-order valence-corrected chi connectivity index (χ2v) is 2.19. The number of rotatable bonds is 1. The van der Waals surface area contributed by atoms with Gasteiger partial charge in [0.25, 0.3) is 0 Å². The number of hydrogen-bond donors (Lipinski definition) is 0. The molecular formula is C7H7ClNO. The minimum Gasteiger partial charge on any atom is -0.399 e. The first-order valence-electron chi connectivity index (χ1n) is 2.82. The quantitative estimate of drug-likeness (QED) is 0.532. The molecule has 0 aromatic carbocycles. The number of nitrogens with zero attached hydrogens (tertiary/aromatic N) is 1. The van der Waals surface area contributed by atoms with Crippen LogP contribution in [0, 0.1) is 6.42 Å². The lowest BCUT2D eigenvalue weighted by molar-refractivity contribution is 0.214. The van der Waals surface area contributed by atoms with Crippen LogP contribution in [-0.4, -0.2) is 12.8 Å². The van der Waals surface area contributed by atoms with Gasteiger partial charge in [0, 0.05) is 11.5 Å². The first-order valence-corrected chi connectivity index (χ1v) is 3.20. The van der Waals surface area contributed by atoms with Crippen LogP contribution in [0.25, 0.3) is 0 Å². The van der Waals surface area contributed by atoms with E-state index in [1.165, 1.54) is 7.11 Å². The van der Waals surface area contributed by atoms with Gasteiger partial charge < -0.3 is 4.84 Å². The molecule has 1 aliphatic carbocycles. The van der Waals surface area contributed by atoms with Crippen LogP contribution in [0.4, 0.5) is 0 Å². The van der Waals surface area contributed by atoms with Gasteiger partial charge in [0.15, 0.2) is 0 Å². The molecule has 0 spiro atoms. The predicted molar refractivity (Wildman–Crippen MR) is 41.8 cm³/mol. The lowest BCUT2D eigenvalue weighted by Crippen LogP contribution is -1.94. The maximum Gasteiger partial charge on any atom is 0.106 e. The Balaban J connectivity index is 2.70. The first-order chi connectivity index (χ1) is 4.83. The van der Waals surface area contributed by atoms with Crippen molar-refractivity contribution in [3.05, 3.63) is 29.7 Å². The average Bonchev–Trinajstić information content (AvgIpc) is 1.88. The topological polar surface area (TPSA) is 21.6 Å². The van der Waals surface area contributed by atoms with Gasteiger partial charge in [-0.3, -0.25) is 0 Å². The third-order valence-electron chi connectivity index (χ3n) is 1.00. The highest BCUT2D eigenvalue weighted by Gasteiger charge is 1.99. The van der Waals surface area contributed by atoms with Gasteiger partial charge >= 0.3 is 0 Å². The molecule has 1 rings (SSSR count). The average molecular weight is 157 g/mol. The van der Waals surface area contributed by atoms with Crippen molar-refractivity contribution in [1.82, 2.24) is 0 Å². The van der Waals surface area contributed by atoms with Crippen LogP contribution >= 0.6 is 11.6 Å². The van der Waals surface area contributed by atoms with Crippen LogP contribution in [0.3, 0.4) is 0 Å². The summed E-state index contributed by atoms with van der Waals surface area (Å²) in [6, 6.07) is 0. The lowest BCUT2D eigenvalue weighted by Gasteiger charge is -1.99. The third-order valence-corrected chi connectivity index (χ3v) is 1.24. The van der Waals surface area contributed by atoms with Crippen molar-refractivity contribution in [1.29, 1.82) is 0 Å². The van der Waals surface area contributed by atoms with Gasteiger partial charge in [-0.15, -0.1) is 0 Å². The van der Waals surface area contributed by atoms with E-state index in [2.05, 4.69) is 9.99 Å². The highest BCUT2D eigenvalue weighted by molar-refractivity contribution is 6.33. The summed E-state index contributed by atoms with van der Waals surface area (Å²) < 4.78 is 0. The summed E-state index contributed by atoms with van der Waals surface area (Å²) in [5.41, 5.74) is 0.731. The van der Waals surface area contributed by atoms with Gasteiger partial charge in [0.1, 0.15) is 12.8 Å². The largest absolute Gasteiger partial charge is 0.399 e. The van der Waals surface area contributed by atoms with Crippen LogP contribution in [0.1, 0.15) is 0 Å². The monoisotopic (exact) mass is 156 g/mol. The molecule has 0 aromatic rings. The molecule has 0 fully saturated rings. The highest BCUT2D eigenvalue weighted by atomic mass is 35.5. The summed E-state index contributed by atoms with van der Waals surface area (Å²) in [5.74, 6) is 0. The fourth-order valence-electron chi connectivity index (χ4n) is 0.638. The predicted octanol–water partition coefficient (Wildman–Crippen LogP) is 1.89. The Hall–Kier alpha value is -0.760. The molecule has 0 bridgehead atoms. The summed E-state index contributed by atoms with van der Waals surface area (Å²) in [5, 5.41) is 4.35. The molecule has 3 heteroatoms. The Labute approximate surface area is 64.8 Å². The number of halogens is 1. The summed E-state index contributed by atoms with van der Waals surface area (Å²) in [6.07, 6.45) is 7.15. The maximum atomic E-state index is 5.67. The van der Waals surface area contributed by atoms with Gasteiger partial charge in [-0.05, 0) is 12.2 Å². The van der Waals surface area contributed by atoms with Crippen molar-refractivity contribution < 1.29 is 4.84 Å². The fraction of sp³-hybridized carbons (Fsp3) is 0.143. The second-order valence-electron chi connectivity index (χ2n) is 1.75. The molecule has 1 radical (unpaired) electrons. The molecule has 0 saturated carbocycles. The molecule has 0 N–H and O–H groups in total. The molecule has 53 valence electrons. The van der Waals surface area contributed by atoms with Crippen LogP contribution in [0.5, 0.6) is 0 Å². The maximum absolute atomic E-state index is 5.67. The van der Waals surface area contributed by atoms with E-state index in [9.17, 15) is 0 Å². The number of hydrogen-bond acceptors (Lipinski definition) is 2. The molecular weight excluding hydrogens is 150 g/mol. The van der Waals surface area contributed by atoms with Crippen LogP contribution in [0.15, 0.2) is 28.4 Å². The molecule has 0 unspecified atom stereocenters. The van der Waals surface area contributed by atoms with E-state index in [-0.39, 0.29) is 0 Å². The Morgan fingerprint density at radius 2 is 2.40 bits per heavy atom. The lowest BCUT2D eigenvalue weighted by atomic mass is 10.2. The van der Waals surface area contributed by atoms with E-state index >= 15 is 0 Å². The minimum atomic E-state index is 0.665. The molecule has 0 heterocycles. The van der Waals surface area contributed by atoms with Gasteiger partial charge in [0.2, 0.25) is 0 Å². The first kappa shape index (κ1) is 7.35. The molecule has 0 saturated heterocycles. The summed E-state index contributed by atoms with van der Waals surface area (Å²) >= 11 is 5.67. The molecule has 2 nitrogen and oxygen atoms in total. The molecule has 1 aliphatic rings. The van der Waals surface area contributed by atoms with Crippen LogP contribution in [0.2, 0.25) is 0 Å². The van der Waals surface area contributed by atoms with E-state index in [0.717, 1.165) is 5.71 Å². The number of oxime groups is 1. The summed E-state index contributed by atoms with van der Waals surface area (Å²) in [6.45, 7) is 0. The van der Waals surface area contributed by atoms with Crippen molar-refractivity contribution in [2.24, 2.45) is 5.16 Å². The van der Waals surface area contributed by atoms with Crippen LogP contribution in [-0.2, 0) is 4.84 Å². The molecule has 0 amide bonds. The molecule has 10 heavy (non-hydrogen) atoms. The Morgan fingerprint density at radius 3 is 3.00 bits per heavy atom. The normalized spacial score (nSPS) is 21.0. The van der Waals surface area contributed by atoms with Crippen molar-refractivity contribution in [3.63, 3.8) is 0 Å². The van der Waals surface area contributed by atoms with Crippen LogP contribution < -0.4 is 0 Å².